The number of tetrazole rings is 1. The van der Waals surface area contributed by atoms with Crippen LogP contribution in [0, 0.1) is 6.92 Å². The highest BCUT2D eigenvalue weighted by Gasteiger charge is 2.22. The quantitative estimate of drug-likeness (QED) is 0.528. The number of furan rings is 1. The number of hydrogen-bond donors (Lipinski definition) is 1. The lowest BCUT2D eigenvalue weighted by molar-refractivity contribution is 0.207. The maximum atomic E-state index is 12.8. The number of benzene rings is 1. The Kier molecular flexibility index (Phi) is 5.26. The molecule has 0 fully saturated rings. The number of pyridine rings is 1. The molecular formula is C22H26N6O2. The van der Waals surface area contributed by atoms with Crippen molar-refractivity contribution >= 4 is 10.9 Å². The zero-order valence-corrected chi connectivity index (χ0v) is 17.7. The Balaban J connectivity index is 1.67. The number of hydrogen-bond acceptors (Lipinski definition) is 6. The molecule has 8 heteroatoms. The van der Waals surface area contributed by atoms with Gasteiger partial charge in [-0.1, -0.05) is 18.2 Å². The van der Waals surface area contributed by atoms with Crippen LogP contribution in [-0.2, 0) is 25.2 Å². The second kappa shape index (κ2) is 7.87. The molecule has 4 rings (SSSR count). The van der Waals surface area contributed by atoms with Gasteiger partial charge in [0.2, 0.25) is 0 Å². The van der Waals surface area contributed by atoms with E-state index in [1.165, 1.54) is 0 Å². The molecule has 0 saturated carbocycles. The average molecular weight is 406 g/mol. The molecule has 4 aromatic rings. The van der Waals surface area contributed by atoms with Crippen LogP contribution in [0.2, 0.25) is 0 Å². The first-order valence-electron chi connectivity index (χ1n) is 9.95. The molecular weight excluding hydrogens is 380 g/mol. The third-order valence-corrected chi connectivity index (χ3v) is 5.05. The highest BCUT2D eigenvalue weighted by atomic mass is 16.3. The van der Waals surface area contributed by atoms with Gasteiger partial charge in [0.05, 0.1) is 30.4 Å². The van der Waals surface area contributed by atoms with Crippen molar-refractivity contribution in [3.8, 4) is 0 Å². The molecule has 0 radical (unpaired) electrons. The largest absolute Gasteiger partial charge is 0.468 e. The summed E-state index contributed by atoms with van der Waals surface area (Å²) in [4.78, 5) is 17.9. The number of aryl methyl sites for hydroxylation is 1. The second-order valence-corrected chi connectivity index (χ2v) is 8.57. The summed E-state index contributed by atoms with van der Waals surface area (Å²) in [5, 5.41) is 13.2. The molecule has 156 valence electrons. The summed E-state index contributed by atoms with van der Waals surface area (Å²) in [6.45, 7) is 9.62. The van der Waals surface area contributed by atoms with Crippen LogP contribution in [0.25, 0.3) is 10.9 Å². The molecule has 0 aliphatic carbocycles. The van der Waals surface area contributed by atoms with Crippen LogP contribution >= 0.6 is 0 Å². The molecule has 1 N–H and O–H groups in total. The van der Waals surface area contributed by atoms with Gasteiger partial charge in [0, 0.05) is 12.1 Å². The fourth-order valence-electron chi connectivity index (χ4n) is 3.60. The van der Waals surface area contributed by atoms with Gasteiger partial charge in [0.1, 0.15) is 5.76 Å². The van der Waals surface area contributed by atoms with Crippen molar-refractivity contribution in [2.24, 2.45) is 0 Å². The lowest BCUT2D eigenvalue weighted by Gasteiger charge is -2.24. The van der Waals surface area contributed by atoms with E-state index in [4.69, 9.17) is 4.42 Å². The fourth-order valence-corrected chi connectivity index (χ4v) is 3.60. The third kappa shape index (κ3) is 4.18. The van der Waals surface area contributed by atoms with Gasteiger partial charge in [0.25, 0.3) is 5.56 Å². The fraction of sp³-hybridized carbons (Fsp3) is 0.364. The van der Waals surface area contributed by atoms with Gasteiger partial charge in [-0.05, 0) is 67.3 Å². The van der Waals surface area contributed by atoms with Crippen molar-refractivity contribution in [3.05, 3.63) is 75.7 Å². The smallest absolute Gasteiger partial charge is 0.252 e. The topological polar surface area (TPSA) is 92.8 Å². The molecule has 0 bridgehead atoms. The van der Waals surface area contributed by atoms with E-state index in [2.05, 4.69) is 46.2 Å². The van der Waals surface area contributed by atoms with E-state index in [9.17, 15) is 4.79 Å². The van der Waals surface area contributed by atoms with E-state index in [0.717, 1.165) is 28.1 Å². The van der Waals surface area contributed by atoms with Crippen LogP contribution in [0.15, 0.2) is 51.9 Å². The first-order chi connectivity index (χ1) is 14.3. The zero-order valence-electron chi connectivity index (χ0n) is 17.7. The summed E-state index contributed by atoms with van der Waals surface area (Å²) in [6.07, 6.45) is 1.65. The zero-order chi connectivity index (χ0) is 21.3. The minimum atomic E-state index is -0.243. The van der Waals surface area contributed by atoms with Gasteiger partial charge in [-0.2, -0.15) is 0 Å². The van der Waals surface area contributed by atoms with Gasteiger partial charge < -0.3 is 9.40 Å². The number of H-pyrrole nitrogens is 1. The molecule has 1 aromatic carbocycles. The second-order valence-electron chi connectivity index (χ2n) is 8.57. The van der Waals surface area contributed by atoms with Crippen LogP contribution in [0.3, 0.4) is 0 Å². The Morgan fingerprint density at radius 1 is 1.13 bits per heavy atom. The molecule has 0 aliphatic heterocycles. The molecule has 3 aromatic heterocycles. The number of rotatable bonds is 6. The van der Waals surface area contributed by atoms with Crippen molar-refractivity contribution in [1.29, 1.82) is 0 Å². The van der Waals surface area contributed by atoms with Crippen LogP contribution in [-0.4, -0.2) is 30.1 Å². The summed E-state index contributed by atoms with van der Waals surface area (Å²) in [5.41, 5.74) is 2.28. The van der Waals surface area contributed by atoms with Crippen molar-refractivity contribution in [1.82, 2.24) is 30.1 Å². The van der Waals surface area contributed by atoms with Crippen molar-refractivity contribution in [2.45, 2.75) is 52.9 Å². The van der Waals surface area contributed by atoms with Gasteiger partial charge in [0.15, 0.2) is 5.82 Å². The van der Waals surface area contributed by atoms with Gasteiger partial charge >= 0.3 is 0 Å². The number of nitrogens with one attached hydrogen (secondary N) is 1. The Bertz CT molecular complexity index is 1200. The molecule has 0 atom stereocenters. The number of para-hydroxylation sites is 1. The number of aromatic amines is 1. The molecule has 0 amide bonds. The lowest BCUT2D eigenvalue weighted by Crippen LogP contribution is -2.31. The van der Waals surface area contributed by atoms with E-state index in [1.807, 2.05) is 48.0 Å². The number of nitrogens with zero attached hydrogens (tertiary/aromatic N) is 5. The van der Waals surface area contributed by atoms with Gasteiger partial charge in [-0.15, -0.1) is 5.10 Å². The molecule has 0 aliphatic rings. The van der Waals surface area contributed by atoms with Gasteiger partial charge in [-0.25, -0.2) is 4.68 Å². The predicted molar refractivity (Wildman–Crippen MR) is 114 cm³/mol. The SMILES string of the molecule is Cc1cccc2cc(CN(Cc3ccco3)Cc3nnnn3C(C)(C)C)c(=O)[nH]c12. The maximum absolute atomic E-state index is 12.8. The highest BCUT2D eigenvalue weighted by molar-refractivity contribution is 5.81. The summed E-state index contributed by atoms with van der Waals surface area (Å²) < 4.78 is 7.36. The molecule has 8 nitrogen and oxygen atoms in total. The van der Waals surface area contributed by atoms with Crippen LogP contribution in [0.4, 0.5) is 0 Å². The number of aromatic nitrogens is 5. The Labute approximate surface area is 174 Å². The Morgan fingerprint density at radius 2 is 1.97 bits per heavy atom. The normalized spacial score (nSPS) is 12.2. The number of fused-ring (bicyclic) bond motifs is 1. The summed E-state index contributed by atoms with van der Waals surface area (Å²) >= 11 is 0. The summed E-state index contributed by atoms with van der Waals surface area (Å²) in [5.74, 6) is 1.56. The molecule has 3 heterocycles. The molecule has 0 saturated heterocycles. The Morgan fingerprint density at radius 3 is 2.70 bits per heavy atom. The van der Waals surface area contributed by atoms with Crippen molar-refractivity contribution in [2.75, 3.05) is 0 Å². The van der Waals surface area contributed by atoms with Crippen molar-refractivity contribution < 1.29 is 4.42 Å². The minimum absolute atomic E-state index is 0.0864. The standard InChI is InChI=1S/C22H26N6O2/c1-15-7-5-8-16-11-17(21(29)23-20(15)16)12-27(13-18-9-6-10-30-18)14-19-24-25-26-28(19)22(2,3)4/h5-11H,12-14H2,1-4H3,(H,23,29). The first kappa shape index (κ1) is 20.0. The third-order valence-electron chi connectivity index (χ3n) is 5.05. The molecule has 30 heavy (non-hydrogen) atoms. The van der Waals surface area contributed by atoms with E-state index >= 15 is 0 Å². The first-order valence-corrected chi connectivity index (χ1v) is 9.95. The monoisotopic (exact) mass is 406 g/mol. The van der Waals surface area contributed by atoms with E-state index in [-0.39, 0.29) is 11.1 Å². The van der Waals surface area contributed by atoms with E-state index in [0.29, 0.717) is 25.2 Å². The van der Waals surface area contributed by atoms with E-state index in [1.54, 1.807) is 6.26 Å². The van der Waals surface area contributed by atoms with E-state index < -0.39 is 0 Å². The highest BCUT2D eigenvalue weighted by Crippen LogP contribution is 2.19. The predicted octanol–water partition coefficient (Wildman–Crippen LogP) is 3.37. The van der Waals surface area contributed by atoms with Crippen LogP contribution in [0.1, 0.15) is 43.5 Å². The maximum Gasteiger partial charge on any atom is 0.252 e. The molecule has 0 unspecified atom stereocenters. The van der Waals surface area contributed by atoms with Crippen LogP contribution in [0.5, 0.6) is 0 Å². The van der Waals surface area contributed by atoms with Gasteiger partial charge in [-0.3, -0.25) is 9.69 Å². The minimum Gasteiger partial charge on any atom is -0.468 e. The summed E-state index contributed by atoms with van der Waals surface area (Å²) in [7, 11) is 0. The summed E-state index contributed by atoms with van der Waals surface area (Å²) in [6, 6.07) is 11.7. The molecule has 0 spiro atoms. The van der Waals surface area contributed by atoms with Crippen molar-refractivity contribution in [3.63, 3.8) is 0 Å². The Hall–Kier alpha value is -3.26. The lowest BCUT2D eigenvalue weighted by atomic mass is 10.1. The van der Waals surface area contributed by atoms with Crippen LogP contribution < -0.4 is 5.56 Å². The average Bonchev–Trinajstić information content (AvgIpc) is 3.35.